The Hall–Kier alpha value is -0.610. The van der Waals surface area contributed by atoms with E-state index in [9.17, 15) is 8.60 Å². The molecule has 1 aliphatic heterocycles. The second-order valence-electron chi connectivity index (χ2n) is 3.22. The van der Waals surface area contributed by atoms with E-state index in [-0.39, 0.29) is 5.69 Å². The molecule has 1 aromatic carbocycles. The van der Waals surface area contributed by atoms with Crippen LogP contribution in [-0.2, 0) is 9.73 Å². The normalized spacial score (nSPS) is 18.7. The lowest BCUT2D eigenvalue weighted by atomic mass is 10.3. The maximum Gasteiger partial charge on any atom is 0.151 e. The minimum absolute atomic E-state index is 0.152. The average Bonchev–Trinajstić information content (AvgIpc) is 2.07. The van der Waals surface area contributed by atoms with Crippen LogP contribution in [-0.4, -0.2) is 15.7 Å². The lowest BCUT2D eigenvalue weighted by Crippen LogP contribution is -2.23. The highest BCUT2D eigenvalue weighted by Gasteiger charge is 2.19. The van der Waals surface area contributed by atoms with E-state index in [1.165, 1.54) is 12.1 Å². The number of hydrogen-bond acceptors (Lipinski definition) is 2. The molecule has 0 aliphatic carbocycles. The van der Waals surface area contributed by atoms with Gasteiger partial charge in [0.1, 0.15) is 5.69 Å². The average molecular weight is 234 g/mol. The molecule has 0 atom stereocenters. The highest BCUT2D eigenvalue weighted by atomic mass is 35.5. The van der Waals surface area contributed by atoms with E-state index in [4.69, 9.17) is 11.6 Å². The van der Waals surface area contributed by atoms with Gasteiger partial charge in [-0.25, -0.2) is 8.60 Å². The van der Waals surface area contributed by atoms with Gasteiger partial charge in [-0.15, -0.1) is 0 Å². The Morgan fingerprint density at radius 3 is 2.64 bits per heavy atom. The summed E-state index contributed by atoms with van der Waals surface area (Å²) in [6.45, 7) is 0. The number of nitrogens with zero attached hydrogens (tertiary/aromatic N) is 1. The van der Waals surface area contributed by atoms with Crippen molar-refractivity contribution in [3.8, 4) is 0 Å². The Morgan fingerprint density at radius 2 is 2.14 bits per heavy atom. The van der Waals surface area contributed by atoms with Gasteiger partial charge < -0.3 is 0 Å². The van der Waals surface area contributed by atoms with Gasteiger partial charge in [0, 0.05) is 16.5 Å². The molecule has 1 aromatic rings. The Morgan fingerprint density at radius 1 is 1.43 bits per heavy atom. The highest BCUT2D eigenvalue weighted by molar-refractivity contribution is 7.95. The standard InChI is InChI=1S/C9H9ClFNOS/c10-7-2-3-9(8(11)6-7)12-14(13)4-1-5-14/h2-3,6H,1,4-5H2. The number of benzene rings is 1. The molecule has 0 N–H and O–H groups in total. The van der Waals surface area contributed by atoms with Crippen LogP contribution in [0.1, 0.15) is 6.42 Å². The molecule has 0 bridgehead atoms. The van der Waals surface area contributed by atoms with E-state index < -0.39 is 15.5 Å². The molecule has 1 saturated heterocycles. The van der Waals surface area contributed by atoms with Gasteiger partial charge in [-0.3, -0.25) is 0 Å². The van der Waals surface area contributed by atoms with Crippen molar-refractivity contribution in [1.82, 2.24) is 0 Å². The molecule has 0 radical (unpaired) electrons. The molecule has 0 unspecified atom stereocenters. The van der Waals surface area contributed by atoms with Crippen molar-refractivity contribution >= 4 is 27.0 Å². The summed E-state index contributed by atoms with van der Waals surface area (Å²) in [5.41, 5.74) is 0.152. The molecule has 0 aromatic heterocycles. The third kappa shape index (κ3) is 1.91. The van der Waals surface area contributed by atoms with Crippen LogP contribution in [0.4, 0.5) is 10.1 Å². The third-order valence-corrected chi connectivity index (χ3v) is 4.72. The first kappa shape index (κ1) is 9.93. The van der Waals surface area contributed by atoms with Crippen LogP contribution in [0.15, 0.2) is 22.6 Å². The van der Waals surface area contributed by atoms with E-state index >= 15 is 0 Å². The number of hydrogen-bond donors (Lipinski definition) is 0. The maximum absolute atomic E-state index is 13.2. The lowest BCUT2D eigenvalue weighted by molar-refractivity contribution is 0.628. The van der Waals surface area contributed by atoms with Crippen molar-refractivity contribution in [1.29, 1.82) is 0 Å². The minimum Gasteiger partial charge on any atom is -0.249 e. The summed E-state index contributed by atoms with van der Waals surface area (Å²) in [5.74, 6) is 0.650. The molecule has 2 nitrogen and oxygen atoms in total. The van der Waals surface area contributed by atoms with E-state index in [0.29, 0.717) is 16.5 Å². The van der Waals surface area contributed by atoms with Gasteiger partial charge in [0.05, 0.1) is 9.73 Å². The van der Waals surface area contributed by atoms with Crippen molar-refractivity contribution in [3.05, 3.63) is 29.0 Å². The van der Waals surface area contributed by atoms with Crippen molar-refractivity contribution in [2.45, 2.75) is 6.42 Å². The molecular formula is C9H9ClFNOS. The molecule has 2 rings (SSSR count). The third-order valence-electron chi connectivity index (χ3n) is 2.10. The molecule has 1 aliphatic rings. The summed E-state index contributed by atoms with van der Waals surface area (Å²) in [6.07, 6.45) is 0.914. The molecular weight excluding hydrogens is 225 g/mol. The van der Waals surface area contributed by atoms with Gasteiger partial charge in [0.2, 0.25) is 0 Å². The van der Waals surface area contributed by atoms with Crippen LogP contribution in [0.25, 0.3) is 0 Å². The molecule has 5 heteroatoms. The molecule has 0 saturated carbocycles. The molecule has 1 fully saturated rings. The fourth-order valence-corrected chi connectivity index (χ4v) is 2.85. The topological polar surface area (TPSA) is 29.4 Å². The summed E-state index contributed by atoms with van der Waals surface area (Å²) < 4.78 is 28.9. The zero-order chi connectivity index (χ0) is 10.2. The van der Waals surface area contributed by atoms with Gasteiger partial charge in [0.15, 0.2) is 5.82 Å². The van der Waals surface area contributed by atoms with Crippen molar-refractivity contribution in [2.24, 2.45) is 4.36 Å². The summed E-state index contributed by atoms with van der Waals surface area (Å²) >= 11 is 5.58. The monoisotopic (exact) mass is 233 g/mol. The van der Waals surface area contributed by atoms with Crippen molar-refractivity contribution < 1.29 is 8.60 Å². The molecule has 76 valence electrons. The Kier molecular flexibility index (Phi) is 2.49. The lowest BCUT2D eigenvalue weighted by Gasteiger charge is -2.17. The first-order chi connectivity index (χ1) is 6.59. The fraction of sp³-hybridized carbons (Fsp3) is 0.333. The van der Waals surface area contributed by atoms with Gasteiger partial charge in [0.25, 0.3) is 0 Å². The van der Waals surface area contributed by atoms with Gasteiger partial charge in [-0.2, -0.15) is 4.36 Å². The largest absolute Gasteiger partial charge is 0.249 e. The van der Waals surface area contributed by atoms with Crippen LogP contribution in [0.3, 0.4) is 0 Å². The van der Waals surface area contributed by atoms with Crippen molar-refractivity contribution in [2.75, 3.05) is 11.5 Å². The quantitative estimate of drug-likeness (QED) is 0.733. The highest BCUT2D eigenvalue weighted by Crippen LogP contribution is 2.26. The second kappa shape index (κ2) is 3.51. The van der Waals surface area contributed by atoms with Crippen molar-refractivity contribution in [3.63, 3.8) is 0 Å². The predicted molar refractivity (Wildman–Crippen MR) is 56.0 cm³/mol. The first-order valence-corrected chi connectivity index (χ1v) is 6.50. The van der Waals surface area contributed by atoms with E-state index in [2.05, 4.69) is 4.36 Å². The minimum atomic E-state index is -2.14. The molecule has 0 spiro atoms. The smallest absolute Gasteiger partial charge is 0.151 e. The van der Waals surface area contributed by atoms with Crippen LogP contribution in [0.5, 0.6) is 0 Å². The van der Waals surface area contributed by atoms with Gasteiger partial charge in [-0.05, 0) is 24.6 Å². The van der Waals surface area contributed by atoms with Crippen LogP contribution >= 0.6 is 11.6 Å². The summed E-state index contributed by atoms with van der Waals surface area (Å²) in [5, 5.41) is 0.324. The molecule has 1 heterocycles. The molecule has 0 amide bonds. The van der Waals surface area contributed by atoms with E-state index in [1.807, 2.05) is 0 Å². The van der Waals surface area contributed by atoms with E-state index in [0.717, 1.165) is 6.42 Å². The van der Waals surface area contributed by atoms with Gasteiger partial charge in [-0.1, -0.05) is 11.6 Å². The molecule has 14 heavy (non-hydrogen) atoms. The first-order valence-electron chi connectivity index (χ1n) is 4.27. The zero-order valence-corrected chi connectivity index (χ0v) is 8.95. The number of halogens is 2. The SMILES string of the molecule is O=S1(=Nc2ccc(Cl)cc2F)CCC1. The number of rotatable bonds is 1. The van der Waals surface area contributed by atoms with Crippen LogP contribution in [0.2, 0.25) is 5.02 Å². The second-order valence-corrected chi connectivity index (χ2v) is 6.20. The fourth-order valence-electron chi connectivity index (χ4n) is 1.22. The maximum atomic E-state index is 13.2. The predicted octanol–water partition coefficient (Wildman–Crippen LogP) is 2.98. The summed E-state index contributed by atoms with van der Waals surface area (Å²) in [7, 11) is -2.14. The Bertz CT molecular complexity index is 470. The van der Waals surface area contributed by atoms with Crippen LogP contribution < -0.4 is 0 Å². The van der Waals surface area contributed by atoms with E-state index in [1.54, 1.807) is 6.07 Å². The Labute approximate surface area is 87.3 Å². The summed E-state index contributed by atoms with van der Waals surface area (Å²) in [6, 6.07) is 4.19. The van der Waals surface area contributed by atoms with Crippen LogP contribution in [0, 0.1) is 5.82 Å². The van der Waals surface area contributed by atoms with Gasteiger partial charge >= 0.3 is 0 Å². The summed E-state index contributed by atoms with van der Waals surface area (Å²) in [4.78, 5) is 0. The zero-order valence-electron chi connectivity index (χ0n) is 7.37. The Balaban J connectivity index is 2.43.